The minimum atomic E-state index is -0.581. The Labute approximate surface area is 220 Å². The topological polar surface area (TPSA) is 120 Å². The van der Waals surface area contributed by atoms with Crippen molar-refractivity contribution in [2.45, 2.75) is 52.3 Å². The van der Waals surface area contributed by atoms with Crippen molar-refractivity contribution in [2.24, 2.45) is 0 Å². The quantitative estimate of drug-likeness (QED) is 0.369. The van der Waals surface area contributed by atoms with Gasteiger partial charge < -0.3 is 14.6 Å². The second-order valence-corrected chi connectivity index (χ2v) is 10.5. The number of carbonyl (C=O) groups excluding carboxylic acids is 3. The van der Waals surface area contributed by atoms with Crippen LogP contribution in [0.5, 0.6) is 0 Å². The predicted octanol–water partition coefficient (Wildman–Crippen LogP) is 4.36. The molecule has 196 valence electrons. The van der Waals surface area contributed by atoms with Crippen LogP contribution >= 0.6 is 0 Å². The Balaban J connectivity index is 1.26. The van der Waals surface area contributed by atoms with E-state index in [2.05, 4.69) is 20.7 Å². The van der Waals surface area contributed by atoms with Gasteiger partial charge in [0, 0.05) is 30.2 Å². The summed E-state index contributed by atoms with van der Waals surface area (Å²) < 4.78 is 8.95. The largest absolute Gasteiger partial charge is 0.444 e. The van der Waals surface area contributed by atoms with Gasteiger partial charge in [0.15, 0.2) is 5.78 Å². The third-order valence-electron chi connectivity index (χ3n) is 6.17. The molecule has 38 heavy (non-hydrogen) atoms. The molecule has 1 aliphatic rings. The Bertz CT molecular complexity index is 1540. The molecule has 0 saturated carbocycles. The molecule has 0 unspecified atom stereocenters. The molecule has 4 heterocycles. The zero-order valence-electron chi connectivity index (χ0n) is 21.8. The number of ether oxygens (including phenoxy) is 1. The van der Waals surface area contributed by atoms with Gasteiger partial charge in [0.05, 0.1) is 18.8 Å². The number of aromatic nitrogens is 4. The van der Waals surface area contributed by atoms with Crippen molar-refractivity contribution in [3.8, 4) is 0 Å². The molecule has 0 radical (unpaired) electrons. The normalized spacial score (nSPS) is 15.2. The summed E-state index contributed by atoms with van der Waals surface area (Å²) >= 11 is 0. The molecule has 0 bridgehead atoms. The smallest absolute Gasteiger partial charge is 0.412 e. The summed E-state index contributed by atoms with van der Waals surface area (Å²) in [5, 5.41) is 10.8. The van der Waals surface area contributed by atoms with Crippen molar-refractivity contribution < 1.29 is 19.1 Å². The molecule has 3 aromatic heterocycles. The fraction of sp³-hybridized carbons (Fsp3) is 0.321. The van der Waals surface area contributed by atoms with Gasteiger partial charge in [-0.2, -0.15) is 5.10 Å². The van der Waals surface area contributed by atoms with Crippen LogP contribution in [0.2, 0.25) is 0 Å². The molecule has 1 aliphatic heterocycles. The Kier molecular flexibility index (Phi) is 6.48. The molecule has 2 N–H and O–H groups in total. The van der Waals surface area contributed by atoms with E-state index in [0.717, 1.165) is 16.5 Å². The molecule has 1 aromatic carbocycles. The van der Waals surface area contributed by atoms with E-state index in [-0.39, 0.29) is 24.2 Å². The maximum atomic E-state index is 13.1. The molecule has 10 nitrogen and oxygen atoms in total. The third-order valence-corrected chi connectivity index (χ3v) is 6.17. The summed E-state index contributed by atoms with van der Waals surface area (Å²) in [6, 6.07) is 12.8. The second kappa shape index (κ2) is 9.77. The highest BCUT2D eigenvalue weighted by molar-refractivity contribution is 6.01. The van der Waals surface area contributed by atoms with E-state index in [9.17, 15) is 14.4 Å². The van der Waals surface area contributed by atoms with Gasteiger partial charge in [-0.05, 0) is 69.2 Å². The van der Waals surface area contributed by atoms with Gasteiger partial charge >= 0.3 is 6.09 Å². The number of Topliss-reactive ketones (excluding diaryl/α,β-unsaturated/α-hetero) is 1. The average Bonchev–Trinajstić information content (AvgIpc) is 3.44. The number of benzene rings is 1. The van der Waals surface area contributed by atoms with E-state index < -0.39 is 11.7 Å². The number of fused-ring (bicyclic) bond motifs is 3. The summed E-state index contributed by atoms with van der Waals surface area (Å²) in [6.45, 7) is 8.44. The lowest BCUT2D eigenvalue weighted by molar-refractivity contribution is 0.0635. The number of nitrogens with zero attached hydrogens (tertiary/aromatic N) is 4. The first-order chi connectivity index (χ1) is 18.1. The van der Waals surface area contributed by atoms with Crippen LogP contribution < -0.4 is 10.6 Å². The number of carbonyl (C=O) groups is 3. The third kappa shape index (κ3) is 5.44. The number of hydrogen-bond acceptors (Lipinski definition) is 6. The van der Waals surface area contributed by atoms with Gasteiger partial charge in [-0.1, -0.05) is 12.1 Å². The standard InChI is InChI=1S/C28H30N6O4/c1-17-13-29-26(36)23-12-20-8-9-22(32-25(20)34(17)23)24(35)11-19-14-30-33(16-19)15-18-6-5-7-21(10-18)31-27(37)38-28(2,3)4/h5-10,12,14,16-17H,11,13,15H2,1-4H3,(H,29,36)(H,31,37)/t17-/m1/s1. The van der Waals surface area contributed by atoms with Gasteiger partial charge in [-0.15, -0.1) is 0 Å². The molecule has 0 fully saturated rings. The fourth-order valence-electron chi connectivity index (χ4n) is 4.51. The molecule has 0 aliphatic carbocycles. The first-order valence-electron chi connectivity index (χ1n) is 12.5. The molecular weight excluding hydrogens is 484 g/mol. The first kappa shape index (κ1) is 25.2. The Morgan fingerprint density at radius 1 is 1.16 bits per heavy atom. The monoisotopic (exact) mass is 514 g/mol. The zero-order chi connectivity index (χ0) is 27.0. The molecule has 0 saturated heterocycles. The van der Waals surface area contributed by atoms with E-state index >= 15 is 0 Å². The van der Waals surface area contributed by atoms with Crippen molar-refractivity contribution in [1.29, 1.82) is 0 Å². The number of hydrogen-bond donors (Lipinski definition) is 2. The minimum Gasteiger partial charge on any atom is -0.444 e. The molecular formula is C28H30N6O4. The van der Waals surface area contributed by atoms with Crippen molar-refractivity contribution in [2.75, 3.05) is 11.9 Å². The van der Waals surface area contributed by atoms with Crippen LogP contribution in [0.15, 0.2) is 54.9 Å². The number of anilines is 1. The molecule has 1 atom stereocenters. The van der Waals surface area contributed by atoms with E-state index in [1.807, 2.05) is 68.8 Å². The van der Waals surface area contributed by atoms with Crippen LogP contribution in [0.1, 0.15) is 65.8 Å². The SMILES string of the molecule is C[C@@H]1CNC(=O)c2cc3ccc(C(=O)Cc4cnn(Cc5cccc(NC(=O)OC(C)(C)C)c5)c4)nc3n21. The van der Waals surface area contributed by atoms with Crippen molar-refractivity contribution in [3.63, 3.8) is 0 Å². The number of rotatable bonds is 6. The lowest BCUT2D eigenvalue weighted by Gasteiger charge is -2.23. The van der Waals surface area contributed by atoms with Gasteiger partial charge in [0.25, 0.3) is 5.91 Å². The van der Waals surface area contributed by atoms with Crippen LogP contribution in [0, 0.1) is 0 Å². The molecule has 10 heteroatoms. The first-order valence-corrected chi connectivity index (χ1v) is 12.5. The van der Waals surface area contributed by atoms with Gasteiger partial charge in [0.2, 0.25) is 0 Å². The fourth-order valence-corrected chi connectivity index (χ4v) is 4.51. The maximum Gasteiger partial charge on any atom is 0.412 e. The van der Waals surface area contributed by atoms with Gasteiger partial charge in [0.1, 0.15) is 22.6 Å². The summed E-state index contributed by atoms with van der Waals surface area (Å²) in [6.07, 6.45) is 3.14. The van der Waals surface area contributed by atoms with Crippen LogP contribution in [0.25, 0.3) is 11.0 Å². The van der Waals surface area contributed by atoms with Crippen LogP contribution in [0.4, 0.5) is 10.5 Å². The lowest BCUT2D eigenvalue weighted by Crippen LogP contribution is -2.37. The summed E-state index contributed by atoms with van der Waals surface area (Å²) in [4.78, 5) is 42.0. The maximum absolute atomic E-state index is 13.1. The van der Waals surface area contributed by atoms with E-state index in [1.165, 1.54) is 0 Å². The lowest BCUT2D eigenvalue weighted by atomic mass is 10.1. The molecule has 4 aromatic rings. The highest BCUT2D eigenvalue weighted by Crippen LogP contribution is 2.26. The summed E-state index contributed by atoms with van der Waals surface area (Å²) in [5.74, 6) is -0.258. The van der Waals surface area contributed by atoms with Gasteiger partial charge in [-0.3, -0.25) is 19.6 Å². The average molecular weight is 515 g/mol. The van der Waals surface area contributed by atoms with Gasteiger partial charge in [-0.25, -0.2) is 9.78 Å². The van der Waals surface area contributed by atoms with E-state index in [0.29, 0.717) is 35.8 Å². The van der Waals surface area contributed by atoms with Crippen molar-refractivity contribution in [3.05, 3.63) is 77.4 Å². The second-order valence-electron chi connectivity index (χ2n) is 10.5. The summed E-state index contributed by atoms with van der Waals surface area (Å²) in [5.41, 5.74) is 3.30. The van der Waals surface area contributed by atoms with Crippen LogP contribution in [-0.4, -0.2) is 49.3 Å². The highest BCUT2D eigenvalue weighted by Gasteiger charge is 2.25. The minimum absolute atomic E-state index is 0.0501. The Hall–Kier alpha value is -4.47. The van der Waals surface area contributed by atoms with E-state index in [1.54, 1.807) is 23.0 Å². The summed E-state index contributed by atoms with van der Waals surface area (Å²) in [7, 11) is 0. The Morgan fingerprint density at radius 3 is 2.76 bits per heavy atom. The van der Waals surface area contributed by atoms with Crippen molar-refractivity contribution >= 4 is 34.5 Å². The number of pyridine rings is 1. The van der Waals surface area contributed by atoms with Crippen LogP contribution in [-0.2, 0) is 17.7 Å². The number of amides is 2. The number of ketones is 1. The zero-order valence-corrected chi connectivity index (χ0v) is 21.8. The number of nitrogens with one attached hydrogen (secondary N) is 2. The molecule has 0 spiro atoms. The highest BCUT2D eigenvalue weighted by atomic mass is 16.6. The van der Waals surface area contributed by atoms with Crippen molar-refractivity contribution in [1.82, 2.24) is 24.6 Å². The van der Waals surface area contributed by atoms with E-state index in [4.69, 9.17) is 4.74 Å². The molecule has 5 rings (SSSR count). The van der Waals surface area contributed by atoms with Crippen LogP contribution in [0.3, 0.4) is 0 Å². The molecule has 2 amide bonds. The Morgan fingerprint density at radius 2 is 1.97 bits per heavy atom. The predicted molar refractivity (Wildman–Crippen MR) is 142 cm³/mol.